The molecule has 0 aliphatic rings. The van der Waals surface area contributed by atoms with Gasteiger partial charge in [-0.05, 0) is 42.5 Å². The van der Waals surface area contributed by atoms with E-state index in [-0.39, 0.29) is 0 Å². The third-order valence-corrected chi connectivity index (χ3v) is 3.59. The van der Waals surface area contributed by atoms with Gasteiger partial charge in [-0.15, -0.1) is 0 Å². The third-order valence-electron chi connectivity index (χ3n) is 2.34. The Morgan fingerprint density at radius 1 is 1.11 bits per heavy atom. The van der Waals surface area contributed by atoms with Gasteiger partial charge in [0.05, 0.1) is 12.7 Å². The van der Waals surface area contributed by atoms with Crippen LogP contribution in [0, 0.1) is 11.3 Å². The first kappa shape index (κ1) is 12.8. The molecule has 0 fully saturated rings. The lowest BCUT2D eigenvalue weighted by atomic mass is 10.2. The van der Waals surface area contributed by atoms with Crippen LogP contribution in [-0.4, -0.2) is 7.11 Å². The summed E-state index contributed by atoms with van der Waals surface area (Å²) in [6.07, 6.45) is 0. The van der Waals surface area contributed by atoms with E-state index in [9.17, 15) is 0 Å². The zero-order valence-corrected chi connectivity index (χ0v) is 11.3. The topological polar surface area (TPSA) is 33.0 Å². The molecule has 90 valence electrons. The summed E-state index contributed by atoms with van der Waals surface area (Å²) in [7, 11) is 1.56. The minimum atomic E-state index is 0.538. The van der Waals surface area contributed by atoms with Crippen molar-refractivity contribution in [2.75, 3.05) is 7.11 Å². The molecule has 2 aromatic carbocycles. The molecule has 2 aromatic rings. The summed E-state index contributed by atoms with van der Waals surface area (Å²) < 4.78 is 5.11. The largest absolute Gasteiger partial charge is 0.495 e. The lowest BCUT2D eigenvalue weighted by Crippen LogP contribution is -1.87. The van der Waals surface area contributed by atoms with E-state index in [1.165, 1.54) is 0 Å². The Bertz CT molecular complexity index is 590. The molecule has 0 aliphatic carbocycles. The van der Waals surface area contributed by atoms with Crippen LogP contribution in [0.3, 0.4) is 0 Å². The van der Waals surface area contributed by atoms with Gasteiger partial charge in [-0.2, -0.15) is 5.26 Å². The van der Waals surface area contributed by atoms with Gasteiger partial charge in [0.15, 0.2) is 0 Å². The van der Waals surface area contributed by atoms with Gasteiger partial charge in [-0.1, -0.05) is 23.4 Å². The summed E-state index contributed by atoms with van der Waals surface area (Å²) in [5.74, 6) is 0.595. The Morgan fingerprint density at radius 2 is 1.78 bits per heavy atom. The van der Waals surface area contributed by atoms with Gasteiger partial charge in [0.2, 0.25) is 0 Å². The molecule has 0 bridgehead atoms. The molecule has 2 rings (SSSR count). The summed E-state index contributed by atoms with van der Waals surface area (Å²) in [6, 6.07) is 15.3. The molecule has 4 heteroatoms. The number of benzene rings is 2. The highest BCUT2D eigenvalue weighted by atomic mass is 35.5. The zero-order chi connectivity index (χ0) is 13.0. The molecule has 0 spiro atoms. The molecule has 0 saturated heterocycles. The Kier molecular flexibility index (Phi) is 4.14. The Morgan fingerprint density at radius 3 is 2.39 bits per heavy atom. The van der Waals surface area contributed by atoms with Crippen molar-refractivity contribution in [2.45, 2.75) is 9.79 Å². The quantitative estimate of drug-likeness (QED) is 0.834. The minimum Gasteiger partial charge on any atom is -0.495 e. The number of ether oxygens (including phenoxy) is 1. The second-order valence-corrected chi connectivity index (χ2v) is 5.11. The maximum Gasteiger partial charge on any atom is 0.136 e. The van der Waals surface area contributed by atoms with Crippen LogP contribution in [0.4, 0.5) is 0 Å². The first-order chi connectivity index (χ1) is 8.72. The highest BCUT2D eigenvalue weighted by molar-refractivity contribution is 7.99. The van der Waals surface area contributed by atoms with Crippen molar-refractivity contribution in [3.05, 3.63) is 53.1 Å². The van der Waals surface area contributed by atoms with E-state index in [1.54, 1.807) is 24.9 Å². The van der Waals surface area contributed by atoms with Crippen molar-refractivity contribution in [2.24, 2.45) is 0 Å². The predicted octanol–water partition coefficient (Wildman–Crippen LogP) is 4.37. The van der Waals surface area contributed by atoms with E-state index in [2.05, 4.69) is 6.07 Å². The molecule has 0 N–H and O–H groups in total. The van der Waals surface area contributed by atoms with Crippen LogP contribution in [0.1, 0.15) is 5.56 Å². The minimum absolute atomic E-state index is 0.538. The van der Waals surface area contributed by atoms with Gasteiger partial charge in [0.1, 0.15) is 11.8 Å². The van der Waals surface area contributed by atoms with Crippen molar-refractivity contribution in [3.8, 4) is 11.8 Å². The van der Waals surface area contributed by atoms with Gasteiger partial charge in [0.25, 0.3) is 0 Å². The van der Waals surface area contributed by atoms with Crippen molar-refractivity contribution in [3.63, 3.8) is 0 Å². The molecule has 0 amide bonds. The standard InChI is InChI=1S/C14H10ClNOS/c1-17-14-7-6-13(8-10(14)9-16)18-12-4-2-11(15)3-5-12/h2-8H,1H3. The number of hydrogen-bond donors (Lipinski definition) is 0. The van der Waals surface area contributed by atoms with Crippen LogP contribution >= 0.6 is 23.4 Å². The summed E-state index contributed by atoms with van der Waals surface area (Å²) in [5.41, 5.74) is 0.538. The maximum atomic E-state index is 9.02. The molecule has 0 saturated carbocycles. The van der Waals surface area contributed by atoms with E-state index < -0.39 is 0 Å². The van der Waals surface area contributed by atoms with Crippen LogP contribution in [0.25, 0.3) is 0 Å². The average Bonchev–Trinajstić information content (AvgIpc) is 2.41. The van der Waals surface area contributed by atoms with Crippen molar-refractivity contribution in [1.82, 2.24) is 0 Å². The highest BCUT2D eigenvalue weighted by Crippen LogP contribution is 2.31. The van der Waals surface area contributed by atoms with Gasteiger partial charge < -0.3 is 4.74 Å². The maximum absolute atomic E-state index is 9.02. The summed E-state index contributed by atoms with van der Waals surface area (Å²) >= 11 is 7.41. The Hall–Kier alpha value is -1.63. The number of nitrogens with zero attached hydrogens (tertiary/aromatic N) is 1. The molecular weight excluding hydrogens is 266 g/mol. The second kappa shape index (κ2) is 5.81. The van der Waals surface area contributed by atoms with E-state index in [0.717, 1.165) is 9.79 Å². The lowest BCUT2D eigenvalue weighted by Gasteiger charge is -2.05. The number of methoxy groups -OCH3 is 1. The Labute approximate surface area is 115 Å². The smallest absolute Gasteiger partial charge is 0.136 e. The molecular formula is C14H10ClNOS. The van der Waals surface area contributed by atoms with Crippen molar-refractivity contribution in [1.29, 1.82) is 5.26 Å². The first-order valence-electron chi connectivity index (χ1n) is 5.24. The van der Waals surface area contributed by atoms with Crippen LogP contribution in [-0.2, 0) is 0 Å². The normalized spacial score (nSPS) is 9.83. The summed E-state index contributed by atoms with van der Waals surface area (Å²) in [5, 5.41) is 9.73. The first-order valence-corrected chi connectivity index (χ1v) is 6.44. The Balaban J connectivity index is 2.25. The SMILES string of the molecule is COc1ccc(Sc2ccc(Cl)cc2)cc1C#N. The summed E-state index contributed by atoms with van der Waals surface area (Å²) in [6.45, 7) is 0. The summed E-state index contributed by atoms with van der Waals surface area (Å²) in [4.78, 5) is 2.07. The van der Waals surface area contributed by atoms with Crippen LogP contribution in [0.15, 0.2) is 52.3 Å². The number of rotatable bonds is 3. The zero-order valence-electron chi connectivity index (χ0n) is 9.68. The third kappa shape index (κ3) is 2.98. The van der Waals surface area contributed by atoms with Gasteiger partial charge in [0, 0.05) is 14.8 Å². The number of nitriles is 1. The van der Waals surface area contributed by atoms with E-state index in [1.807, 2.05) is 36.4 Å². The van der Waals surface area contributed by atoms with Crippen molar-refractivity contribution < 1.29 is 4.74 Å². The fourth-order valence-electron chi connectivity index (χ4n) is 1.48. The van der Waals surface area contributed by atoms with E-state index in [4.69, 9.17) is 21.6 Å². The van der Waals surface area contributed by atoms with Gasteiger partial charge in [-0.25, -0.2) is 0 Å². The van der Waals surface area contributed by atoms with E-state index in [0.29, 0.717) is 16.3 Å². The molecule has 0 aromatic heterocycles. The fraction of sp³-hybridized carbons (Fsp3) is 0.0714. The molecule has 0 unspecified atom stereocenters. The highest BCUT2D eigenvalue weighted by Gasteiger charge is 2.04. The lowest BCUT2D eigenvalue weighted by molar-refractivity contribution is 0.413. The molecule has 0 radical (unpaired) electrons. The molecule has 2 nitrogen and oxygen atoms in total. The van der Waals surface area contributed by atoms with Crippen LogP contribution in [0.5, 0.6) is 5.75 Å². The number of hydrogen-bond acceptors (Lipinski definition) is 3. The van der Waals surface area contributed by atoms with Crippen molar-refractivity contribution >= 4 is 23.4 Å². The monoisotopic (exact) mass is 275 g/mol. The molecule has 0 atom stereocenters. The second-order valence-electron chi connectivity index (χ2n) is 3.53. The van der Waals surface area contributed by atoms with Gasteiger partial charge in [-0.3, -0.25) is 0 Å². The number of halogens is 1. The van der Waals surface area contributed by atoms with E-state index >= 15 is 0 Å². The average molecular weight is 276 g/mol. The van der Waals surface area contributed by atoms with Crippen LogP contribution < -0.4 is 4.74 Å². The predicted molar refractivity (Wildman–Crippen MR) is 73.3 cm³/mol. The fourth-order valence-corrected chi connectivity index (χ4v) is 2.46. The molecule has 0 heterocycles. The molecule has 0 aliphatic heterocycles. The van der Waals surface area contributed by atoms with Gasteiger partial charge >= 0.3 is 0 Å². The molecule has 18 heavy (non-hydrogen) atoms. The van der Waals surface area contributed by atoms with Crippen LogP contribution in [0.2, 0.25) is 5.02 Å².